The summed E-state index contributed by atoms with van der Waals surface area (Å²) in [5.74, 6) is -2.43. The summed E-state index contributed by atoms with van der Waals surface area (Å²) in [7, 11) is -8.74. The summed E-state index contributed by atoms with van der Waals surface area (Å²) in [6, 6.07) is 0. The van der Waals surface area contributed by atoms with Crippen LogP contribution in [0.25, 0.3) is 0 Å². The van der Waals surface area contributed by atoms with Crippen LogP contribution in [0.4, 0.5) is 13.2 Å². The topological polar surface area (TPSA) is 86.7 Å². The first kappa shape index (κ1) is 15.3. The zero-order valence-electron chi connectivity index (χ0n) is 7.98. The second-order valence-electron chi connectivity index (χ2n) is 2.54. The molecule has 0 fully saturated rings. The van der Waals surface area contributed by atoms with Crippen LogP contribution in [0.15, 0.2) is 11.9 Å². The Labute approximate surface area is 89.9 Å². The summed E-state index contributed by atoms with van der Waals surface area (Å²) in [5, 5.41) is 0. The van der Waals surface area contributed by atoms with E-state index in [1.54, 1.807) is 0 Å². The molecule has 0 radical (unpaired) electrons. The van der Waals surface area contributed by atoms with Crippen LogP contribution in [-0.2, 0) is 28.6 Å². The highest BCUT2D eigenvalue weighted by Crippen LogP contribution is 2.20. The van der Waals surface area contributed by atoms with Crippen LogP contribution >= 0.6 is 0 Å². The summed E-state index contributed by atoms with van der Waals surface area (Å²) in [4.78, 5) is 0. The maximum atomic E-state index is 12.6. The van der Waals surface area contributed by atoms with Gasteiger partial charge in [0.15, 0.2) is 0 Å². The SMILES string of the molecule is CS(=O)(=O)OC(OS(C)(=O)=O)C(F)=C(F)F. The maximum absolute atomic E-state index is 12.6. The Bertz CT molecular complexity index is 440. The monoisotopic (exact) mass is 284 g/mol. The van der Waals surface area contributed by atoms with E-state index in [0.29, 0.717) is 12.5 Å². The summed E-state index contributed by atoms with van der Waals surface area (Å²) < 4.78 is 85.7. The number of halogens is 3. The van der Waals surface area contributed by atoms with Gasteiger partial charge in [-0.1, -0.05) is 0 Å². The summed E-state index contributed by atoms with van der Waals surface area (Å²) in [6.45, 7) is 0. The average Bonchev–Trinajstić information content (AvgIpc) is 1.95. The smallest absolute Gasteiger partial charge is 0.230 e. The van der Waals surface area contributed by atoms with Gasteiger partial charge in [-0.2, -0.15) is 25.6 Å². The van der Waals surface area contributed by atoms with E-state index in [-0.39, 0.29) is 0 Å². The third-order valence-electron chi connectivity index (χ3n) is 0.912. The van der Waals surface area contributed by atoms with Crippen molar-refractivity contribution < 1.29 is 38.4 Å². The normalized spacial score (nSPS) is 12.9. The van der Waals surface area contributed by atoms with E-state index in [2.05, 4.69) is 8.37 Å². The molecule has 0 amide bonds. The van der Waals surface area contributed by atoms with Crippen molar-refractivity contribution in [2.24, 2.45) is 0 Å². The fraction of sp³-hybridized carbons (Fsp3) is 0.600. The molecule has 0 aromatic carbocycles. The molecule has 0 saturated carbocycles. The molecule has 0 unspecified atom stereocenters. The van der Waals surface area contributed by atoms with Crippen molar-refractivity contribution >= 4 is 20.2 Å². The van der Waals surface area contributed by atoms with Crippen molar-refractivity contribution in [2.75, 3.05) is 12.5 Å². The Morgan fingerprint density at radius 1 is 0.938 bits per heavy atom. The van der Waals surface area contributed by atoms with E-state index in [1.165, 1.54) is 0 Å². The van der Waals surface area contributed by atoms with E-state index in [9.17, 15) is 30.0 Å². The van der Waals surface area contributed by atoms with Crippen LogP contribution in [-0.4, -0.2) is 35.6 Å². The number of hydrogen-bond acceptors (Lipinski definition) is 6. The quantitative estimate of drug-likeness (QED) is 0.534. The molecular formula is C5H7F3O6S2. The molecule has 0 aliphatic carbocycles. The molecule has 0 rings (SSSR count). The highest BCUT2D eigenvalue weighted by molar-refractivity contribution is 7.86. The van der Waals surface area contributed by atoms with Gasteiger partial charge in [0.05, 0.1) is 12.5 Å². The summed E-state index contributed by atoms with van der Waals surface area (Å²) in [5.41, 5.74) is 0. The molecular weight excluding hydrogens is 277 g/mol. The first-order chi connectivity index (χ1) is 6.92. The third-order valence-corrected chi connectivity index (χ3v) is 1.96. The molecule has 6 nitrogen and oxygen atoms in total. The predicted octanol–water partition coefficient (Wildman–Crippen LogP) is 0.343. The lowest BCUT2D eigenvalue weighted by Gasteiger charge is -2.12. The highest BCUT2D eigenvalue weighted by Gasteiger charge is 2.29. The minimum absolute atomic E-state index is 0.412. The summed E-state index contributed by atoms with van der Waals surface area (Å²) in [6.07, 6.45) is -4.98. The van der Waals surface area contributed by atoms with E-state index in [0.717, 1.165) is 0 Å². The van der Waals surface area contributed by atoms with Crippen molar-refractivity contribution in [3.05, 3.63) is 11.9 Å². The Kier molecular flexibility index (Phi) is 4.91. The fourth-order valence-electron chi connectivity index (χ4n) is 0.507. The second-order valence-corrected chi connectivity index (χ2v) is 5.74. The zero-order chi connectivity index (χ0) is 13.1. The second kappa shape index (κ2) is 5.12. The van der Waals surface area contributed by atoms with Gasteiger partial charge in [0, 0.05) is 0 Å². The van der Waals surface area contributed by atoms with Crippen LogP contribution < -0.4 is 0 Å². The molecule has 0 aromatic rings. The van der Waals surface area contributed by atoms with Crippen molar-refractivity contribution in [3.8, 4) is 0 Å². The Balaban J connectivity index is 5.17. The van der Waals surface area contributed by atoms with Crippen LogP contribution in [0.2, 0.25) is 0 Å². The lowest BCUT2D eigenvalue weighted by molar-refractivity contribution is 0.0262. The van der Waals surface area contributed by atoms with Crippen LogP contribution in [0.1, 0.15) is 0 Å². The minimum atomic E-state index is -4.37. The van der Waals surface area contributed by atoms with E-state index in [4.69, 9.17) is 0 Å². The van der Waals surface area contributed by atoms with E-state index >= 15 is 0 Å². The molecule has 0 N–H and O–H groups in total. The number of rotatable bonds is 5. The fourth-order valence-corrected chi connectivity index (χ4v) is 1.44. The average molecular weight is 284 g/mol. The van der Waals surface area contributed by atoms with Gasteiger partial charge in [-0.15, -0.1) is 0 Å². The molecule has 0 aromatic heterocycles. The van der Waals surface area contributed by atoms with E-state index < -0.39 is 38.4 Å². The van der Waals surface area contributed by atoms with E-state index in [1.807, 2.05) is 0 Å². The standard InChI is InChI=1S/C5H7F3O6S2/c1-15(9,10)13-5(3(6)4(7)8)14-16(2,11)12/h5H,1-2H3. The predicted molar refractivity (Wildman–Crippen MR) is 46.0 cm³/mol. The molecule has 0 heterocycles. The third kappa shape index (κ3) is 6.76. The molecule has 0 bridgehead atoms. The largest absolute Gasteiger partial charge is 0.306 e. The number of hydrogen-bond donors (Lipinski definition) is 0. The Morgan fingerprint density at radius 2 is 1.25 bits per heavy atom. The van der Waals surface area contributed by atoms with Gasteiger partial charge in [0.25, 0.3) is 20.2 Å². The molecule has 0 spiro atoms. The van der Waals surface area contributed by atoms with Gasteiger partial charge < -0.3 is 0 Å². The first-order valence-corrected chi connectivity index (χ1v) is 7.03. The molecule has 96 valence electrons. The highest BCUT2D eigenvalue weighted by atomic mass is 32.2. The zero-order valence-corrected chi connectivity index (χ0v) is 9.61. The van der Waals surface area contributed by atoms with Gasteiger partial charge in [-0.3, -0.25) is 0 Å². The first-order valence-electron chi connectivity index (χ1n) is 3.39. The van der Waals surface area contributed by atoms with Gasteiger partial charge in [-0.25, -0.2) is 12.8 Å². The molecule has 11 heteroatoms. The van der Waals surface area contributed by atoms with Gasteiger partial charge in [0.2, 0.25) is 12.1 Å². The lowest BCUT2D eigenvalue weighted by Crippen LogP contribution is -2.25. The Morgan fingerprint density at radius 3 is 1.44 bits per heavy atom. The van der Waals surface area contributed by atoms with Crippen molar-refractivity contribution in [1.82, 2.24) is 0 Å². The Hall–Kier alpha value is -0.650. The van der Waals surface area contributed by atoms with Crippen molar-refractivity contribution in [3.63, 3.8) is 0 Å². The van der Waals surface area contributed by atoms with Crippen molar-refractivity contribution in [2.45, 2.75) is 6.29 Å². The molecule has 0 aliphatic rings. The molecule has 0 saturated heterocycles. The maximum Gasteiger partial charge on any atom is 0.306 e. The summed E-state index contributed by atoms with van der Waals surface area (Å²) >= 11 is 0. The lowest BCUT2D eigenvalue weighted by atomic mass is 10.6. The minimum Gasteiger partial charge on any atom is -0.230 e. The molecule has 16 heavy (non-hydrogen) atoms. The van der Waals surface area contributed by atoms with Crippen LogP contribution in [0.5, 0.6) is 0 Å². The van der Waals surface area contributed by atoms with Crippen molar-refractivity contribution in [1.29, 1.82) is 0 Å². The molecule has 0 atom stereocenters. The molecule has 0 aliphatic heterocycles. The van der Waals surface area contributed by atoms with Gasteiger partial charge in [0.1, 0.15) is 0 Å². The van der Waals surface area contributed by atoms with Crippen LogP contribution in [0.3, 0.4) is 0 Å². The van der Waals surface area contributed by atoms with Gasteiger partial charge >= 0.3 is 6.08 Å². The van der Waals surface area contributed by atoms with Gasteiger partial charge in [-0.05, 0) is 0 Å². The van der Waals surface area contributed by atoms with Crippen LogP contribution in [0, 0.1) is 0 Å².